The van der Waals surface area contributed by atoms with Gasteiger partial charge in [0.25, 0.3) is 0 Å². The molecule has 0 amide bonds. The van der Waals surface area contributed by atoms with Crippen molar-refractivity contribution in [2.45, 2.75) is 63.9 Å². The van der Waals surface area contributed by atoms with E-state index in [1.165, 1.54) is 13.0 Å². The van der Waals surface area contributed by atoms with Crippen molar-refractivity contribution < 1.29 is 5.11 Å². The van der Waals surface area contributed by atoms with Crippen LogP contribution in [0.15, 0.2) is 0 Å². The molecule has 1 aliphatic heterocycles. The molecule has 5 aliphatic rings. The van der Waals surface area contributed by atoms with Crippen molar-refractivity contribution in [3.8, 4) is 0 Å². The molecule has 0 aromatic rings. The zero-order valence-corrected chi connectivity index (χ0v) is 12.2. The Morgan fingerprint density at radius 1 is 0.895 bits per heavy atom. The highest BCUT2D eigenvalue weighted by Crippen LogP contribution is 2.61. The van der Waals surface area contributed by atoms with Crippen molar-refractivity contribution in [3.05, 3.63) is 0 Å². The van der Waals surface area contributed by atoms with Gasteiger partial charge in [0.2, 0.25) is 0 Å². The topological polar surface area (TPSA) is 23.5 Å². The highest BCUT2D eigenvalue weighted by Gasteiger charge is 2.50. The lowest BCUT2D eigenvalue weighted by molar-refractivity contribution is -0.0625. The lowest BCUT2D eigenvalue weighted by atomic mass is 9.49. The number of hydrogen-bond donors (Lipinski definition) is 1. The molecule has 19 heavy (non-hydrogen) atoms. The lowest BCUT2D eigenvalue weighted by Gasteiger charge is -2.57. The molecule has 5 fully saturated rings. The minimum Gasteiger partial charge on any atom is -0.393 e. The summed E-state index contributed by atoms with van der Waals surface area (Å²) in [5, 5.41) is 9.60. The van der Waals surface area contributed by atoms with Crippen molar-refractivity contribution in [3.63, 3.8) is 0 Å². The maximum absolute atomic E-state index is 9.60. The smallest absolute Gasteiger partial charge is 0.0564 e. The molecular weight excluding hydrogens is 234 g/mol. The summed E-state index contributed by atoms with van der Waals surface area (Å²) in [5.41, 5.74) is 0.741. The van der Waals surface area contributed by atoms with E-state index >= 15 is 0 Å². The van der Waals surface area contributed by atoms with Gasteiger partial charge >= 0.3 is 0 Å². The number of aliphatic hydroxyl groups excluding tert-OH is 1. The van der Waals surface area contributed by atoms with E-state index in [-0.39, 0.29) is 6.10 Å². The van der Waals surface area contributed by atoms with E-state index in [9.17, 15) is 5.11 Å². The fourth-order valence-corrected chi connectivity index (χ4v) is 6.13. The Balaban J connectivity index is 1.35. The number of aliphatic hydroxyl groups is 1. The van der Waals surface area contributed by atoms with E-state index in [0.717, 1.165) is 49.1 Å². The molecule has 4 bridgehead atoms. The maximum Gasteiger partial charge on any atom is 0.0564 e. The Hall–Kier alpha value is -0.0800. The Kier molecular flexibility index (Phi) is 3.15. The summed E-state index contributed by atoms with van der Waals surface area (Å²) in [6.07, 6.45) is 12.8. The molecule has 4 aliphatic carbocycles. The molecule has 1 saturated heterocycles. The second kappa shape index (κ2) is 4.73. The van der Waals surface area contributed by atoms with Crippen molar-refractivity contribution in [1.82, 2.24) is 4.90 Å². The Labute approximate surface area is 117 Å². The molecule has 0 radical (unpaired) electrons. The third kappa shape index (κ3) is 2.47. The fraction of sp³-hybridized carbons (Fsp3) is 1.00. The molecule has 1 heterocycles. The van der Waals surface area contributed by atoms with Gasteiger partial charge < -0.3 is 10.0 Å². The zero-order chi connectivity index (χ0) is 12.9. The molecule has 0 atom stereocenters. The molecule has 2 heteroatoms. The van der Waals surface area contributed by atoms with Crippen LogP contribution in [0.2, 0.25) is 0 Å². The summed E-state index contributed by atoms with van der Waals surface area (Å²) in [7, 11) is 0. The predicted molar refractivity (Wildman–Crippen MR) is 76.9 cm³/mol. The van der Waals surface area contributed by atoms with Gasteiger partial charge in [-0.25, -0.2) is 0 Å². The first-order chi connectivity index (χ1) is 9.21. The van der Waals surface area contributed by atoms with E-state index in [1.807, 2.05) is 0 Å². The van der Waals surface area contributed by atoms with Gasteiger partial charge in [0.05, 0.1) is 6.10 Å². The summed E-state index contributed by atoms with van der Waals surface area (Å²) >= 11 is 0. The van der Waals surface area contributed by atoms with E-state index in [2.05, 4.69) is 4.90 Å². The molecule has 0 aromatic heterocycles. The number of nitrogens with zero attached hydrogens (tertiary/aromatic N) is 1. The standard InChI is InChI=1S/C17H29NO/c19-16-1-4-18(5-2-16)6-3-17-10-13-7-14(11-17)9-15(8-13)12-17/h13-16,19H,1-12H2. The second-order valence-electron chi connectivity index (χ2n) is 8.24. The van der Waals surface area contributed by atoms with Gasteiger partial charge in [-0.05, 0) is 87.5 Å². The molecule has 0 aromatic carbocycles. The van der Waals surface area contributed by atoms with E-state index < -0.39 is 0 Å². The van der Waals surface area contributed by atoms with Crippen LogP contribution in [0.1, 0.15) is 57.8 Å². The summed E-state index contributed by atoms with van der Waals surface area (Å²) in [6, 6.07) is 0. The summed E-state index contributed by atoms with van der Waals surface area (Å²) in [5.74, 6) is 3.28. The van der Waals surface area contributed by atoms with Crippen LogP contribution in [0, 0.1) is 23.2 Å². The molecule has 0 spiro atoms. The average molecular weight is 263 g/mol. The van der Waals surface area contributed by atoms with Crippen LogP contribution in [0.25, 0.3) is 0 Å². The van der Waals surface area contributed by atoms with Crippen LogP contribution >= 0.6 is 0 Å². The highest BCUT2D eigenvalue weighted by molar-refractivity contribution is 5.01. The van der Waals surface area contributed by atoms with Crippen molar-refractivity contribution in [2.24, 2.45) is 23.2 Å². The summed E-state index contributed by atoms with van der Waals surface area (Å²) in [4.78, 5) is 2.62. The predicted octanol–water partition coefficient (Wildman–Crippen LogP) is 3.05. The third-order valence-corrected chi connectivity index (χ3v) is 6.68. The average Bonchev–Trinajstić information content (AvgIpc) is 2.36. The molecule has 0 unspecified atom stereocenters. The first-order valence-electron chi connectivity index (χ1n) is 8.61. The lowest BCUT2D eigenvalue weighted by Crippen LogP contribution is -2.47. The van der Waals surface area contributed by atoms with Gasteiger partial charge in [-0.2, -0.15) is 0 Å². The molecule has 2 nitrogen and oxygen atoms in total. The van der Waals surface area contributed by atoms with Crippen LogP contribution < -0.4 is 0 Å². The highest BCUT2D eigenvalue weighted by atomic mass is 16.3. The van der Waals surface area contributed by atoms with E-state index in [4.69, 9.17) is 0 Å². The molecular formula is C17H29NO. The van der Waals surface area contributed by atoms with Crippen LogP contribution in [0.3, 0.4) is 0 Å². The number of piperidine rings is 1. The molecule has 1 N–H and O–H groups in total. The van der Waals surface area contributed by atoms with Gasteiger partial charge in [-0.15, -0.1) is 0 Å². The van der Waals surface area contributed by atoms with Crippen LogP contribution in [0.5, 0.6) is 0 Å². The maximum atomic E-state index is 9.60. The van der Waals surface area contributed by atoms with Gasteiger partial charge in [0.15, 0.2) is 0 Å². The quantitative estimate of drug-likeness (QED) is 0.846. The fourth-order valence-electron chi connectivity index (χ4n) is 6.13. The Morgan fingerprint density at radius 2 is 1.42 bits per heavy atom. The molecule has 108 valence electrons. The van der Waals surface area contributed by atoms with Crippen LogP contribution in [0.4, 0.5) is 0 Å². The normalized spacial score (nSPS) is 46.9. The van der Waals surface area contributed by atoms with Crippen LogP contribution in [-0.2, 0) is 0 Å². The van der Waals surface area contributed by atoms with Gasteiger partial charge in [-0.3, -0.25) is 0 Å². The SMILES string of the molecule is OC1CCN(CCC23CC4CC(CC(C4)C2)C3)CC1. The minimum atomic E-state index is -0.0178. The first-order valence-corrected chi connectivity index (χ1v) is 8.61. The number of hydrogen-bond acceptors (Lipinski definition) is 2. The third-order valence-electron chi connectivity index (χ3n) is 6.68. The largest absolute Gasteiger partial charge is 0.393 e. The Bertz CT molecular complexity index is 297. The van der Waals surface area contributed by atoms with Gasteiger partial charge in [-0.1, -0.05) is 0 Å². The zero-order valence-electron chi connectivity index (χ0n) is 12.2. The number of rotatable bonds is 3. The van der Waals surface area contributed by atoms with Crippen molar-refractivity contribution in [2.75, 3.05) is 19.6 Å². The minimum absolute atomic E-state index is 0.0178. The second-order valence-corrected chi connectivity index (χ2v) is 8.24. The Morgan fingerprint density at radius 3 is 1.95 bits per heavy atom. The van der Waals surface area contributed by atoms with Gasteiger partial charge in [0.1, 0.15) is 0 Å². The van der Waals surface area contributed by atoms with Crippen molar-refractivity contribution in [1.29, 1.82) is 0 Å². The van der Waals surface area contributed by atoms with E-state index in [1.54, 1.807) is 38.5 Å². The summed E-state index contributed by atoms with van der Waals surface area (Å²) < 4.78 is 0. The van der Waals surface area contributed by atoms with Crippen molar-refractivity contribution >= 4 is 0 Å². The monoisotopic (exact) mass is 263 g/mol. The van der Waals surface area contributed by atoms with E-state index in [0.29, 0.717) is 0 Å². The molecule has 5 rings (SSSR count). The molecule has 4 saturated carbocycles. The van der Waals surface area contributed by atoms with Crippen LogP contribution in [-0.4, -0.2) is 35.7 Å². The summed E-state index contributed by atoms with van der Waals surface area (Å²) in [6.45, 7) is 3.57. The first kappa shape index (κ1) is 12.6. The number of likely N-dealkylation sites (tertiary alicyclic amines) is 1. The van der Waals surface area contributed by atoms with Gasteiger partial charge in [0, 0.05) is 13.1 Å².